The van der Waals surface area contributed by atoms with E-state index in [4.69, 9.17) is 9.47 Å². The molecule has 2 aromatic rings. The molecule has 0 aromatic heterocycles. The van der Waals surface area contributed by atoms with Gasteiger partial charge in [-0.25, -0.2) is 17.6 Å². The van der Waals surface area contributed by atoms with Crippen molar-refractivity contribution in [3.8, 4) is 0 Å². The summed E-state index contributed by atoms with van der Waals surface area (Å²) in [6, 6.07) is 14.3. The van der Waals surface area contributed by atoms with Gasteiger partial charge in [-0.05, 0) is 112 Å². The third kappa shape index (κ3) is 6.59. The van der Waals surface area contributed by atoms with Gasteiger partial charge in [-0.1, -0.05) is 18.6 Å². The highest BCUT2D eigenvalue weighted by Crippen LogP contribution is 2.51. The molecule has 9 nitrogen and oxygen atoms in total. The van der Waals surface area contributed by atoms with Gasteiger partial charge in [0, 0.05) is 37.3 Å². The average molecular weight is 643 g/mol. The molecule has 0 bridgehead atoms. The molecule has 11 heteroatoms. The zero-order chi connectivity index (χ0) is 31.6. The number of hydrogen-bond acceptors (Lipinski definition) is 8. The Hall–Kier alpha value is -2.73. The molecule has 1 N–H and O–H groups in total. The third-order valence-electron chi connectivity index (χ3n) is 11.1. The fraction of sp³-hybridized carbons (Fsp3) is 0.618. The lowest BCUT2D eigenvalue weighted by Crippen LogP contribution is -2.68. The predicted octanol–water partition coefficient (Wildman–Crippen LogP) is 3.88. The Bertz CT molecular complexity index is 1400. The highest BCUT2D eigenvalue weighted by molar-refractivity contribution is 7.72. The van der Waals surface area contributed by atoms with Crippen molar-refractivity contribution in [2.24, 2.45) is 11.8 Å². The first-order valence-electron chi connectivity index (χ1n) is 16.3. The number of likely N-dealkylation sites (tertiary alicyclic amines) is 2. The number of piperidine rings is 1. The summed E-state index contributed by atoms with van der Waals surface area (Å²) in [4.78, 5) is 20.0. The number of alkyl carbamates (subject to hydrolysis) is 1. The number of ether oxygens (including phenoxy) is 2. The summed E-state index contributed by atoms with van der Waals surface area (Å²) in [5.41, 5.74) is 1.49. The van der Waals surface area contributed by atoms with E-state index in [-0.39, 0.29) is 28.8 Å². The minimum absolute atomic E-state index is 0.0129. The predicted molar refractivity (Wildman–Crippen MR) is 172 cm³/mol. The van der Waals surface area contributed by atoms with E-state index >= 15 is 0 Å². The van der Waals surface area contributed by atoms with Crippen LogP contribution in [0.1, 0.15) is 44.1 Å². The first kappa shape index (κ1) is 32.2. The van der Waals surface area contributed by atoms with Crippen molar-refractivity contribution < 1.29 is 27.1 Å². The third-order valence-corrected chi connectivity index (χ3v) is 11.8. The number of methoxy groups -OCH3 is 2. The number of carbonyl (C=O) groups excluding carboxylic acids is 1. The first-order chi connectivity index (χ1) is 21.7. The summed E-state index contributed by atoms with van der Waals surface area (Å²) in [5.74, 6) is 0.317. The van der Waals surface area contributed by atoms with Gasteiger partial charge in [0.1, 0.15) is 11.4 Å². The van der Waals surface area contributed by atoms with Crippen LogP contribution in [-0.2, 0) is 25.6 Å². The summed E-state index contributed by atoms with van der Waals surface area (Å²) < 4.78 is 48.6. The number of halogens is 1. The molecule has 3 aliphatic heterocycles. The molecule has 3 heterocycles. The molecular formula is C34H47FN4O5S. The number of carbonyl (C=O) groups is 1. The molecule has 0 spiro atoms. The Morgan fingerprint density at radius 3 is 2.31 bits per heavy atom. The molecule has 0 radical (unpaired) electrons. The van der Waals surface area contributed by atoms with Gasteiger partial charge in [-0.15, -0.1) is 0 Å². The lowest BCUT2D eigenvalue weighted by molar-refractivity contribution is -0.0657. The molecule has 4 aliphatic rings. The summed E-state index contributed by atoms with van der Waals surface area (Å²) in [6.07, 6.45) is 5.70. The van der Waals surface area contributed by atoms with Gasteiger partial charge < -0.3 is 29.5 Å². The van der Waals surface area contributed by atoms with Gasteiger partial charge >= 0.3 is 6.09 Å². The molecule has 45 heavy (non-hydrogen) atoms. The van der Waals surface area contributed by atoms with Gasteiger partial charge in [-0.2, -0.15) is 0 Å². The average Bonchev–Trinajstić information content (AvgIpc) is 3.47. The summed E-state index contributed by atoms with van der Waals surface area (Å²) >= 11 is 0. The molecular weight excluding hydrogens is 595 g/mol. The van der Waals surface area contributed by atoms with Crippen LogP contribution in [0.25, 0.3) is 0 Å². The molecule has 4 fully saturated rings. The molecule has 3 atom stereocenters. The van der Waals surface area contributed by atoms with Crippen LogP contribution in [0.15, 0.2) is 53.4 Å². The second kappa shape index (κ2) is 13.6. The summed E-state index contributed by atoms with van der Waals surface area (Å²) in [6.45, 7) is 7.17. The van der Waals surface area contributed by atoms with Crippen molar-refractivity contribution in [3.05, 3.63) is 59.9 Å². The number of nitrogens with one attached hydrogen (secondary N) is 1. The van der Waals surface area contributed by atoms with E-state index in [0.29, 0.717) is 10.8 Å². The topological polar surface area (TPSA) is 91.4 Å². The number of nitrogens with zero attached hydrogens (tertiary/aromatic N) is 3. The van der Waals surface area contributed by atoms with Crippen LogP contribution in [0.4, 0.5) is 14.9 Å². The maximum Gasteiger partial charge on any atom is 0.407 e. The van der Waals surface area contributed by atoms with Crippen molar-refractivity contribution in [3.63, 3.8) is 0 Å². The largest absolute Gasteiger partial charge is 0.453 e. The van der Waals surface area contributed by atoms with Crippen LogP contribution in [0.3, 0.4) is 0 Å². The second-order valence-corrected chi connectivity index (χ2v) is 14.6. The lowest BCUT2D eigenvalue weighted by atomic mass is 9.57. The second-order valence-electron chi connectivity index (χ2n) is 13.5. The van der Waals surface area contributed by atoms with Crippen LogP contribution in [0, 0.1) is 17.7 Å². The first-order valence-corrected chi connectivity index (χ1v) is 17.5. The van der Waals surface area contributed by atoms with E-state index in [1.54, 1.807) is 25.3 Å². The number of anilines is 1. The van der Waals surface area contributed by atoms with Gasteiger partial charge in [0.15, 0.2) is 10.7 Å². The van der Waals surface area contributed by atoms with Crippen molar-refractivity contribution in [1.29, 1.82) is 0 Å². The Morgan fingerprint density at radius 2 is 1.71 bits per heavy atom. The fourth-order valence-electron chi connectivity index (χ4n) is 8.66. The van der Waals surface area contributed by atoms with Crippen molar-refractivity contribution in [2.45, 2.75) is 60.5 Å². The van der Waals surface area contributed by atoms with E-state index < -0.39 is 16.8 Å². The van der Waals surface area contributed by atoms with Crippen LogP contribution in [0.5, 0.6) is 0 Å². The molecule has 0 unspecified atom stereocenters. The van der Waals surface area contributed by atoms with Crippen LogP contribution < -0.4 is 10.2 Å². The molecule has 1 saturated carbocycles. The minimum Gasteiger partial charge on any atom is -0.453 e. The van der Waals surface area contributed by atoms with Gasteiger partial charge in [0.05, 0.1) is 25.1 Å². The Labute approximate surface area is 268 Å². The number of thiol groups is 1. The SMILES string of the molecule is COC(=O)N[C@H]1CCC[C@@H]1[C@](CN1CCC1)(c1cccc(F)c1)C1CCN(CC2(OC)CN(c3ccc([SH](=O)=O)cc3)C2)CC1. The van der Waals surface area contributed by atoms with Crippen molar-refractivity contribution in [2.75, 3.05) is 71.5 Å². The number of rotatable bonds is 11. The fourth-order valence-corrected chi connectivity index (χ4v) is 9.05. The zero-order valence-corrected chi connectivity index (χ0v) is 27.4. The van der Waals surface area contributed by atoms with Gasteiger partial charge in [-0.3, -0.25) is 0 Å². The maximum atomic E-state index is 14.9. The van der Waals surface area contributed by atoms with Crippen LogP contribution in [-0.4, -0.2) is 103 Å². The normalized spacial score (nSPS) is 25.4. The Balaban J connectivity index is 1.20. The van der Waals surface area contributed by atoms with E-state index in [1.807, 2.05) is 18.2 Å². The zero-order valence-electron chi connectivity index (χ0n) is 26.5. The monoisotopic (exact) mass is 642 g/mol. The van der Waals surface area contributed by atoms with Crippen LogP contribution in [0.2, 0.25) is 0 Å². The number of amides is 1. The molecule has 1 aliphatic carbocycles. The highest BCUT2D eigenvalue weighted by atomic mass is 32.2. The summed E-state index contributed by atoms with van der Waals surface area (Å²) in [7, 11) is 0.612. The van der Waals surface area contributed by atoms with Crippen molar-refractivity contribution >= 4 is 22.5 Å². The van der Waals surface area contributed by atoms with Gasteiger partial charge in [0.2, 0.25) is 0 Å². The van der Waals surface area contributed by atoms with E-state index in [9.17, 15) is 17.6 Å². The standard InChI is InChI=1S/C34H47FN4O5S/c1-43-32(40)36-31-9-4-8-30(31)34(24-37-16-5-17-37,26-6-3-7-27(35)20-26)25-14-18-38(19-15-25)21-33(44-2)22-39(23-33)28-10-12-29(13-11-28)45(41)42/h3,6-7,10-13,20,25,30-31,45H,4-5,8-9,14-19,21-24H2,1-2H3,(H,36,40)/t30-,31-,34-/m0/s1. The van der Waals surface area contributed by atoms with E-state index in [2.05, 4.69) is 26.1 Å². The molecule has 6 rings (SSSR count). The van der Waals surface area contributed by atoms with Crippen molar-refractivity contribution in [1.82, 2.24) is 15.1 Å². The van der Waals surface area contributed by atoms with Gasteiger partial charge in [0.25, 0.3) is 0 Å². The number of benzene rings is 2. The quantitative estimate of drug-likeness (QED) is 0.357. The molecule has 246 valence electrons. The highest BCUT2D eigenvalue weighted by Gasteiger charge is 2.53. The Morgan fingerprint density at radius 1 is 0.978 bits per heavy atom. The van der Waals surface area contributed by atoms with E-state index in [1.165, 1.54) is 19.6 Å². The molecule has 2 aromatic carbocycles. The lowest BCUT2D eigenvalue weighted by Gasteiger charge is -2.55. The summed E-state index contributed by atoms with van der Waals surface area (Å²) in [5, 5.41) is 3.17. The van der Waals surface area contributed by atoms with E-state index in [0.717, 1.165) is 95.7 Å². The minimum atomic E-state index is -2.59. The van der Waals surface area contributed by atoms with Crippen LogP contribution >= 0.6 is 0 Å². The Kier molecular flexibility index (Phi) is 9.70. The molecule has 1 amide bonds. The number of hydrogen-bond donors (Lipinski definition) is 2. The molecule has 3 saturated heterocycles. The maximum absolute atomic E-state index is 14.9. The smallest absolute Gasteiger partial charge is 0.407 e.